The third-order valence-electron chi connectivity index (χ3n) is 6.36. The molecule has 0 unspecified atom stereocenters. The van der Waals surface area contributed by atoms with Crippen LogP contribution in [0.15, 0.2) is 54.6 Å². The number of ether oxygens (including phenoxy) is 1. The van der Waals surface area contributed by atoms with Crippen LogP contribution in [0.2, 0.25) is 0 Å². The molecule has 2 aromatic rings. The van der Waals surface area contributed by atoms with Gasteiger partial charge in [-0.15, -0.1) is 0 Å². The van der Waals surface area contributed by atoms with Crippen molar-refractivity contribution in [3.05, 3.63) is 66.0 Å². The van der Waals surface area contributed by atoms with Gasteiger partial charge in [-0.3, -0.25) is 19.3 Å². The normalized spacial score (nSPS) is 22.9. The number of amides is 4. The van der Waals surface area contributed by atoms with Crippen molar-refractivity contribution in [2.24, 2.45) is 5.92 Å². The summed E-state index contributed by atoms with van der Waals surface area (Å²) in [5.41, 5.74) is -0.237. The van der Waals surface area contributed by atoms with Crippen molar-refractivity contribution in [1.29, 1.82) is 0 Å². The second-order valence-electron chi connectivity index (χ2n) is 8.86. The highest BCUT2D eigenvalue weighted by Crippen LogP contribution is 2.36. The molecule has 1 aliphatic heterocycles. The van der Waals surface area contributed by atoms with Crippen LogP contribution >= 0.6 is 0 Å². The number of halogens is 1. The maximum absolute atomic E-state index is 13.2. The third-order valence-corrected chi connectivity index (χ3v) is 6.36. The predicted molar refractivity (Wildman–Crippen MR) is 121 cm³/mol. The smallest absolute Gasteiger partial charge is 0.327 e. The Balaban J connectivity index is 1.46. The molecule has 0 radical (unpaired) electrons. The van der Waals surface area contributed by atoms with E-state index in [2.05, 4.69) is 17.6 Å². The molecule has 2 aliphatic rings. The van der Waals surface area contributed by atoms with E-state index in [0.717, 1.165) is 17.7 Å². The Morgan fingerprint density at radius 2 is 1.76 bits per heavy atom. The molecule has 8 nitrogen and oxygen atoms in total. The SMILES string of the molecule is CC1CCC2(CC1)NC(=O)N(CC(=O)O[C@@H](C(=O)Nc1ccc(F)cc1)c1ccccc1)C2=O. The quantitative estimate of drug-likeness (QED) is 0.499. The molecule has 1 saturated heterocycles. The van der Waals surface area contributed by atoms with E-state index in [-0.39, 0.29) is 0 Å². The number of esters is 1. The maximum atomic E-state index is 13.2. The number of carbonyl (C=O) groups is 4. The number of urea groups is 1. The van der Waals surface area contributed by atoms with Gasteiger partial charge in [-0.25, -0.2) is 9.18 Å². The van der Waals surface area contributed by atoms with Crippen molar-refractivity contribution in [3.8, 4) is 0 Å². The number of nitrogens with one attached hydrogen (secondary N) is 2. The van der Waals surface area contributed by atoms with Crippen LogP contribution in [-0.2, 0) is 19.1 Å². The first-order valence-electron chi connectivity index (χ1n) is 11.2. The summed E-state index contributed by atoms with van der Waals surface area (Å²) in [5.74, 6) is -1.97. The Morgan fingerprint density at radius 3 is 2.41 bits per heavy atom. The molecule has 178 valence electrons. The van der Waals surface area contributed by atoms with Crippen molar-refractivity contribution in [1.82, 2.24) is 10.2 Å². The fourth-order valence-corrected chi connectivity index (χ4v) is 4.35. The molecule has 1 heterocycles. The summed E-state index contributed by atoms with van der Waals surface area (Å²) < 4.78 is 18.6. The van der Waals surface area contributed by atoms with Gasteiger partial charge in [-0.2, -0.15) is 0 Å². The third kappa shape index (κ3) is 4.93. The minimum atomic E-state index is -1.33. The van der Waals surface area contributed by atoms with Gasteiger partial charge >= 0.3 is 12.0 Å². The largest absolute Gasteiger partial charge is 0.446 e. The molecule has 1 saturated carbocycles. The Labute approximate surface area is 196 Å². The monoisotopic (exact) mass is 467 g/mol. The van der Waals surface area contributed by atoms with Crippen LogP contribution in [0, 0.1) is 11.7 Å². The summed E-state index contributed by atoms with van der Waals surface area (Å²) >= 11 is 0. The average molecular weight is 467 g/mol. The van der Waals surface area contributed by atoms with Crippen molar-refractivity contribution in [2.45, 2.75) is 44.2 Å². The fourth-order valence-electron chi connectivity index (χ4n) is 4.35. The van der Waals surface area contributed by atoms with E-state index in [0.29, 0.717) is 30.0 Å². The first kappa shape index (κ1) is 23.4. The van der Waals surface area contributed by atoms with Crippen molar-refractivity contribution >= 4 is 29.5 Å². The van der Waals surface area contributed by atoms with Crippen molar-refractivity contribution in [2.75, 3.05) is 11.9 Å². The number of benzene rings is 2. The van der Waals surface area contributed by atoms with E-state index < -0.39 is 47.8 Å². The number of imide groups is 1. The van der Waals surface area contributed by atoms with Gasteiger partial charge in [0.25, 0.3) is 11.8 Å². The topological polar surface area (TPSA) is 105 Å². The Bertz CT molecular complexity index is 1080. The molecule has 34 heavy (non-hydrogen) atoms. The Kier molecular flexibility index (Phi) is 6.63. The van der Waals surface area contributed by atoms with Gasteiger partial charge in [0.2, 0.25) is 6.10 Å². The van der Waals surface area contributed by atoms with Gasteiger partial charge in [0.1, 0.15) is 17.9 Å². The Hall–Kier alpha value is -3.75. The zero-order valence-electron chi connectivity index (χ0n) is 18.8. The van der Waals surface area contributed by atoms with Gasteiger partial charge < -0.3 is 15.4 Å². The lowest BCUT2D eigenvalue weighted by Gasteiger charge is -2.33. The first-order valence-corrected chi connectivity index (χ1v) is 11.2. The molecule has 4 amide bonds. The van der Waals surface area contributed by atoms with Gasteiger partial charge in [-0.1, -0.05) is 37.3 Å². The lowest BCUT2D eigenvalue weighted by atomic mass is 9.77. The minimum Gasteiger partial charge on any atom is -0.446 e. The summed E-state index contributed by atoms with van der Waals surface area (Å²) in [7, 11) is 0. The minimum absolute atomic E-state index is 0.325. The average Bonchev–Trinajstić information content (AvgIpc) is 3.05. The van der Waals surface area contributed by atoms with E-state index in [1.54, 1.807) is 30.3 Å². The number of hydrogen-bond donors (Lipinski definition) is 2. The summed E-state index contributed by atoms with van der Waals surface area (Å²) in [6, 6.07) is 12.9. The second-order valence-corrected chi connectivity index (χ2v) is 8.86. The van der Waals surface area contributed by atoms with E-state index >= 15 is 0 Å². The van der Waals surface area contributed by atoms with Gasteiger partial charge in [0.05, 0.1) is 0 Å². The van der Waals surface area contributed by atoms with Gasteiger partial charge in [-0.05, 0) is 55.9 Å². The maximum Gasteiger partial charge on any atom is 0.327 e. The molecule has 2 N–H and O–H groups in total. The second kappa shape index (κ2) is 9.62. The highest BCUT2D eigenvalue weighted by molar-refractivity contribution is 6.09. The molecular formula is C25H26FN3O5. The summed E-state index contributed by atoms with van der Waals surface area (Å²) in [4.78, 5) is 52.1. The number of anilines is 1. The number of carbonyl (C=O) groups excluding carboxylic acids is 4. The highest BCUT2D eigenvalue weighted by atomic mass is 19.1. The zero-order valence-corrected chi connectivity index (χ0v) is 18.8. The fraction of sp³-hybridized carbons (Fsp3) is 0.360. The summed E-state index contributed by atoms with van der Waals surface area (Å²) in [6.45, 7) is 1.50. The predicted octanol–water partition coefficient (Wildman–Crippen LogP) is 3.55. The zero-order chi connectivity index (χ0) is 24.3. The lowest BCUT2D eigenvalue weighted by molar-refractivity contribution is -0.156. The van der Waals surface area contributed by atoms with E-state index in [1.807, 2.05) is 0 Å². The Morgan fingerprint density at radius 1 is 1.12 bits per heavy atom. The first-order chi connectivity index (χ1) is 16.3. The standard InChI is InChI=1S/C25H26FN3O5/c1-16-11-13-25(14-12-16)23(32)29(24(33)28-25)15-20(30)34-21(17-5-3-2-4-6-17)22(31)27-19-9-7-18(26)8-10-19/h2-10,16,21H,11-15H2,1H3,(H,27,31)(H,28,33)/t16?,21-,25?/m1/s1. The van der Waals surface area contributed by atoms with Crippen LogP contribution < -0.4 is 10.6 Å². The van der Waals surface area contributed by atoms with Crippen molar-refractivity contribution < 1.29 is 28.3 Å². The molecule has 1 aliphatic carbocycles. The number of hydrogen-bond acceptors (Lipinski definition) is 5. The molecule has 0 bridgehead atoms. The highest BCUT2D eigenvalue weighted by Gasteiger charge is 2.52. The van der Waals surface area contributed by atoms with Crippen LogP contribution in [0.3, 0.4) is 0 Å². The summed E-state index contributed by atoms with van der Waals surface area (Å²) in [5, 5.41) is 5.35. The molecule has 2 fully saturated rings. The molecular weight excluding hydrogens is 441 g/mol. The molecule has 0 aromatic heterocycles. The van der Waals surface area contributed by atoms with Crippen LogP contribution in [0.1, 0.15) is 44.3 Å². The van der Waals surface area contributed by atoms with E-state index in [4.69, 9.17) is 4.74 Å². The van der Waals surface area contributed by atoms with Crippen molar-refractivity contribution in [3.63, 3.8) is 0 Å². The molecule has 9 heteroatoms. The van der Waals surface area contributed by atoms with Gasteiger partial charge in [0.15, 0.2) is 0 Å². The number of nitrogens with zero attached hydrogens (tertiary/aromatic N) is 1. The summed E-state index contributed by atoms with van der Waals surface area (Å²) in [6.07, 6.45) is 1.34. The van der Waals surface area contributed by atoms with Gasteiger partial charge in [0, 0.05) is 11.3 Å². The van der Waals surface area contributed by atoms with Crippen LogP contribution in [-0.4, -0.2) is 40.8 Å². The van der Waals surface area contributed by atoms with E-state index in [9.17, 15) is 23.6 Å². The van der Waals surface area contributed by atoms with Crippen LogP contribution in [0.5, 0.6) is 0 Å². The van der Waals surface area contributed by atoms with Crippen LogP contribution in [0.25, 0.3) is 0 Å². The molecule has 2 aromatic carbocycles. The molecule has 4 rings (SSSR count). The van der Waals surface area contributed by atoms with E-state index in [1.165, 1.54) is 24.3 Å². The molecule has 1 atom stereocenters. The number of rotatable bonds is 6. The van der Waals surface area contributed by atoms with Crippen LogP contribution in [0.4, 0.5) is 14.9 Å². The molecule has 1 spiro atoms. The lowest BCUT2D eigenvalue weighted by Crippen LogP contribution is -2.49.